The largest absolute Gasteiger partial charge is 0.369 e. The zero-order chi connectivity index (χ0) is 8.39. The lowest BCUT2D eigenvalue weighted by Gasteiger charge is -2.00. The summed E-state index contributed by atoms with van der Waals surface area (Å²) in [6, 6.07) is 0. The minimum atomic E-state index is 0.524. The Labute approximate surface area is 69.2 Å². The first-order valence-electron chi connectivity index (χ1n) is 3.60. The summed E-state index contributed by atoms with van der Waals surface area (Å²) < 4.78 is 1.85. The Kier molecular flexibility index (Phi) is 1.55. The molecular weight excluding hydrogens is 154 g/mol. The van der Waals surface area contributed by atoms with Crippen molar-refractivity contribution in [3.05, 3.63) is 30.4 Å². The van der Waals surface area contributed by atoms with E-state index < -0.39 is 0 Å². The molecular formula is C7H9N5. The highest BCUT2D eigenvalue weighted by Gasteiger charge is 1.98. The van der Waals surface area contributed by atoms with E-state index >= 15 is 0 Å². The highest BCUT2D eigenvalue weighted by atomic mass is 15.1. The van der Waals surface area contributed by atoms with Gasteiger partial charge in [0, 0.05) is 24.2 Å². The van der Waals surface area contributed by atoms with E-state index in [-0.39, 0.29) is 0 Å². The van der Waals surface area contributed by atoms with Gasteiger partial charge in [0.1, 0.15) is 0 Å². The summed E-state index contributed by atoms with van der Waals surface area (Å²) in [6.45, 7) is 0.711. The molecule has 0 bridgehead atoms. The van der Waals surface area contributed by atoms with Crippen LogP contribution in [0, 0.1) is 0 Å². The van der Waals surface area contributed by atoms with Gasteiger partial charge in [-0.05, 0) is 0 Å². The fourth-order valence-corrected chi connectivity index (χ4v) is 1.04. The van der Waals surface area contributed by atoms with Gasteiger partial charge in [-0.1, -0.05) is 0 Å². The van der Waals surface area contributed by atoms with Gasteiger partial charge >= 0.3 is 0 Å². The summed E-state index contributed by atoms with van der Waals surface area (Å²) >= 11 is 0. The number of H-pyrrole nitrogens is 1. The molecule has 62 valence electrons. The SMILES string of the molecule is Nc1nccn1Cc1cn[nH]c1. The van der Waals surface area contributed by atoms with Crippen molar-refractivity contribution in [3.63, 3.8) is 0 Å². The molecule has 0 atom stereocenters. The minimum absolute atomic E-state index is 0.524. The molecule has 0 aliphatic heterocycles. The van der Waals surface area contributed by atoms with Crippen molar-refractivity contribution < 1.29 is 0 Å². The number of rotatable bonds is 2. The molecule has 2 aromatic rings. The molecule has 2 rings (SSSR count). The molecule has 0 saturated carbocycles. The van der Waals surface area contributed by atoms with Crippen LogP contribution in [0.1, 0.15) is 5.56 Å². The van der Waals surface area contributed by atoms with Crippen LogP contribution in [-0.2, 0) is 6.54 Å². The first-order chi connectivity index (χ1) is 5.86. The number of hydrogen-bond acceptors (Lipinski definition) is 3. The van der Waals surface area contributed by atoms with Gasteiger partial charge in [-0.25, -0.2) is 4.98 Å². The lowest BCUT2D eigenvalue weighted by atomic mass is 10.4. The summed E-state index contributed by atoms with van der Waals surface area (Å²) in [5.74, 6) is 0.524. The molecule has 0 aliphatic carbocycles. The van der Waals surface area contributed by atoms with E-state index in [1.807, 2.05) is 17.0 Å². The minimum Gasteiger partial charge on any atom is -0.369 e. The Bertz CT molecular complexity index is 348. The van der Waals surface area contributed by atoms with Crippen LogP contribution < -0.4 is 5.73 Å². The molecule has 0 unspecified atom stereocenters. The summed E-state index contributed by atoms with van der Waals surface area (Å²) in [4.78, 5) is 3.91. The third kappa shape index (κ3) is 1.16. The summed E-state index contributed by atoms with van der Waals surface area (Å²) in [6.07, 6.45) is 7.11. The number of nitrogens with two attached hydrogens (primary N) is 1. The van der Waals surface area contributed by atoms with Gasteiger partial charge in [-0.3, -0.25) is 5.10 Å². The molecule has 0 saturated heterocycles. The molecule has 2 aromatic heterocycles. The van der Waals surface area contributed by atoms with E-state index in [2.05, 4.69) is 15.2 Å². The number of nitrogens with zero attached hydrogens (tertiary/aromatic N) is 3. The average Bonchev–Trinajstić information content (AvgIpc) is 2.65. The van der Waals surface area contributed by atoms with Crippen molar-refractivity contribution in [2.45, 2.75) is 6.54 Å². The monoisotopic (exact) mass is 163 g/mol. The summed E-state index contributed by atoms with van der Waals surface area (Å²) in [5, 5.41) is 6.57. The second-order valence-corrected chi connectivity index (χ2v) is 2.52. The zero-order valence-corrected chi connectivity index (χ0v) is 6.44. The maximum absolute atomic E-state index is 5.58. The fraction of sp³-hybridized carbons (Fsp3) is 0.143. The molecule has 12 heavy (non-hydrogen) atoms. The number of hydrogen-bond donors (Lipinski definition) is 2. The smallest absolute Gasteiger partial charge is 0.200 e. The molecule has 0 amide bonds. The topological polar surface area (TPSA) is 72.5 Å². The van der Waals surface area contributed by atoms with Crippen LogP contribution in [0.4, 0.5) is 5.95 Å². The Morgan fingerprint density at radius 1 is 1.58 bits per heavy atom. The molecule has 3 N–H and O–H groups in total. The third-order valence-corrected chi connectivity index (χ3v) is 1.66. The second-order valence-electron chi connectivity index (χ2n) is 2.52. The zero-order valence-electron chi connectivity index (χ0n) is 6.44. The summed E-state index contributed by atoms with van der Waals surface area (Å²) in [7, 11) is 0. The van der Waals surface area contributed by atoms with E-state index in [4.69, 9.17) is 5.73 Å². The van der Waals surface area contributed by atoms with Crippen molar-refractivity contribution in [3.8, 4) is 0 Å². The van der Waals surface area contributed by atoms with Crippen LogP contribution in [0.2, 0.25) is 0 Å². The van der Waals surface area contributed by atoms with E-state index in [0.29, 0.717) is 12.5 Å². The first-order valence-corrected chi connectivity index (χ1v) is 3.60. The second kappa shape index (κ2) is 2.69. The number of imidazole rings is 1. The number of aromatic amines is 1. The van der Waals surface area contributed by atoms with Gasteiger partial charge in [-0.15, -0.1) is 0 Å². The van der Waals surface area contributed by atoms with Crippen LogP contribution in [0.3, 0.4) is 0 Å². The number of nitrogen functional groups attached to an aromatic ring is 1. The standard InChI is InChI=1S/C7H9N5/c8-7-9-1-2-12(7)5-6-3-10-11-4-6/h1-4H,5H2,(H2,8,9)(H,10,11). The van der Waals surface area contributed by atoms with Crippen LogP contribution in [0.15, 0.2) is 24.8 Å². The Balaban J connectivity index is 2.20. The third-order valence-electron chi connectivity index (χ3n) is 1.66. The first kappa shape index (κ1) is 6.90. The van der Waals surface area contributed by atoms with E-state index in [9.17, 15) is 0 Å². The van der Waals surface area contributed by atoms with Crippen LogP contribution >= 0.6 is 0 Å². The van der Waals surface area contributed by atoms with Gasteiger partial charge in [-0.2, -0.15) is 5.10 Å². The Morgan fingerprint density at radius 3 is 3.08 bits per heavy atom. The summed E-state index contributed by atoms with van der Waals surface area (Å²) in [5.41, 5.74) is 6.66. The molecule has 5 nitrogen and oxygen atoms in total. The molecule has 0 aromatic carbocycles. The van der Waals surface area contributed by atoms with Crippen molar-refractivity contribution in [2.24, 2.45) is 0 Å². The van der Waals surface area contributed by atoms with Crippen LogP contribution in [0.5, 0.6) is 0 Å². The molecule has 0 spiro atoms. The van der Waals surface area contributed by atoms with E-state index in [1.54, 1.807) is 12.4 Å². The van der Waals surface area contributed by atoms with Gasteiger partial charge < -0.3 is 10.3 Å². The molecule has 0 radical (unpaired) electrons. The molecule has 0 aliphatic rings. The molecule has 5 heteroatoms. The lowest BCUT2D eigenvalue weighted by Crippen LogP contribution is -2.02. The predicted octanol–water partition coefficient (Wildman–Crippen LogP) is 0.237. The quantitative estimate of drug-likeness (QED) is 0.666. The maximum atomic E-state index is 5.58. The van der Waals surface area contributed by atoms with E-state index in [0.717, 1.165) is 5.56 Å². The van der Waals surface area contributed by atoms with Gasteiger partial charge in [0.2, 0.25) is 0 Å². The predicted molar refractivity (Wildman–Crippen MR) is 44.3 cm³/mol. The van der Waals surface area contributed by atoms with Crippen molar-refractivity contribution in [1.82, 2.24) is 19.7 Å². The lowest BCUT2D eigenvalue weighted by molar-refractivity contribution is 0.811. The maximum Gasteiger partial charge on any atom is 0.200 e. The Hall–Kier alpha value is -1.78. The highest BCUT2D eigenvalue weighted by molar-refractivity contribution is 5.19. The van der Waals surface area contributed by atoms with Crippen LogP contribution in [-0.4, -0.2) is 19.7 Å². The number of aromatic nitrogens is 4. The molecule has 0 fully saturated rings. The fourth-order valence-electron chi connectivity index (χ4n) is 1.04. The Morgan fingerprint density at radius 2 is 2.50 bits per heavy atom. The van der Waals surface area contributed by atoms with Crippen molar-refractivity contribution >= 4 is 5.95 Å². The van der Waals surface area contributed by atoms with Gasteiger partial charge in [0.05, 0.1) is 12.7 Å². The van der Waals surface area contributed by atoms with Gasteiger partial charge in [0.15, 0.2) is 5.95 Å². The average molecular weight is 163 g/mol. The van der Waals surface area contributed by atoms with Crippen molar-refractivity contribution in [1.29, 1.82) is 0 Å². The number of anilines is 1. The highest BCUT2D eigenvalue weighted by Crippen LogP contribution is 2.03. The number of nitrogens with one attached hydrogen (secondary N) is 1. The molecule has 2 heterocycles. The van der Waals surface area contributed by atoms with Gasteiger partial charge in [0.25, 0.3) is 0 Å². The van der Waals surface area contributed by atoms with E-state index in [1.165, 1.54) is 0 Å². The van der Waals surface area contributed by atoms with Crippen molar-refractivity contribution in [2.75, 3.05) is 5.73 Å². The normalized spacial score (nSPS) is 10.3. The van der Waals surface area contributed by atoms with Crippen LogP contribution in [0.25, 0.3) is 0 Å².